The lowest BCUT2D eigenvalue weighted by atomic mass is 10.1. The number of aliphatic hydroxyl groups is 1. The highest BCUT2D eigenvalue weighted by molar-refractivity contribution is 8.00. The van der Waals surface area contributed by atoms with Gasteiger partial charge in [-0.1, -0.05) is 41.9 Å². The monoisotopic (exact) mass is 476 g/mol. The van der Waals surface area contributed by atoms with Crippen molar-refractivity contribution in [3.8, 4) is 0 Å². The van der Waals surface area contributed by atoms with Crippen molar-refractivity contribution >= 4 is 27.6 Å². The number of thioether (sulfide) groups is 1. The van der Waals surface area contributed by atoms with Gasteiger partial charge in [-0.15, -0.1) is 0 Å². The highest BCUT2D eigenvalue weighted by Gasteiger charge is 2.29. The number of piperidine rings is 1. The lowest BCUT2D eigenvalue weighted by Crippen LogP contribution is -2.39. The summed E-state index contributed by atoms with van der Waals surface area (Å²) in [5.74, 6) is 0. The predicted octanol–water partition coefficient (Wildman–Crippen LogP) is 4.01. The van der Waals surface area contributed by atoms with Crippen LogP contribution in [0.1, 0.15) is 36.8 Å². The lowest BCUT2D eigenvalue weighted by molar-refractivity contribution is 0.215. The van der Waals surface area contributed by atoms with E-state index in [4.69, 9.17) is 4.18 Å². The molecule has 0 amide bonds. The molecule has 2 aromatic carbocycles. The number of aryl methyl sites for hydroxylation is 2. The number of hydrogen-bond acceptors (Lipinski definition) is 7. The number of aliphatic hydroxyl groups excluding tert-OH is 1. The minimum absolute atomic E-state index is 0.144. The number of fused-ring (bicyclic) bond motifs is 1. The van der Waals surface area contributed by atoms with E-state index in [0.29, 0.717) is 6.42 Å². The number of hydrogen-bond donors (Lipinski definition) is 1. The zero-order valence-electron chi connectivity index (χ0n) is 18.6. The van der Waals surface area contributed by atoms with Gasteiger partial charge in [-0.3, -0.25) is 4.18 Å². The van der Waals surface area contributed by atoms with Crippen molar-refractivity contribution in [3.05, 3.63) is 53.6 Å². The molecule has 0 saturated carbocycles. The topological polar surface area (TPSA) is 70.1 Å². The molecule has 2 heterocycles. The smallest absolute Gasteiger partial charge is 0.296 e. The molecule has 1 atom stereocenters. The Labute approximate surface area is 195 Å². The Kier molecular flexibility index (Phi) is 7.78. The van der Waals surface area contributed by atoms with E-state index < -0.39 is 15.7 Å². The van der Waals surface area contributed by atoms with Crippen molar-refractivity contribution in [1.29, 1.82) is 0 Å². The second kappa shape index (κ2) is 10.6. The van der Waals surface area contributed by atoms with Gasteiger partial charge >= 0.3 is 0 Å². The third-order valence-electron chi connectivity index (χ3n) is 6.10. The van der Waals surface area contributed by atoms with Crippen LogP contribution in [0.3, 0.4) is 0 Å². The molecule has 1 saturated heterocycles. The van der Waals surface area contributed by atoms with Gasteiger partial charge in [-0.2, -0.15) is 8.42 Å². The zero-order valence-corrected chi connectivity index (χ0v) is 20.2. The second-order valence-corrected chi connectivity index (χ2v) is 11.2. The molecule has 2 aliphatic rings. The molecule has 32 heavy (non-hydrogen) atoms. The van der Waals surface area contributed by atoms with Crippen LogP contribution in [0.15, 0.2) is 52.3 Å². The largest absolute Gasteiger partial charge is 0.364 e. The number of anilines is 1. The Bertz CT molecular complexity index is 1010. The van der Waals surface area contributed by atoms with Crippen LogP contribution in [0, 0.1) is 6.92 Å². The van der Waals surface area contributed by atoms with Gasteiger partial charge in [0.15, 0.2) is 5.56 Å². The fourth-order valence-corrected chi connectivity index (χ4v) is 6.26. The van der Waals surface area contributed by atoms with E-state index in [9.17, 15) is 13.5 Å². The predicted molar refractivity (Wildman–Crippen MR) is 129 cm³/mol. The molecule has 1 fully saturated rings. The zero-order chi connectivity index (χ0) is 22.6. The van der Waals surface area contributed by atoms with E-state index >= 15 is 0 Å². The summed E-state index contributed by atoms with van der Waals surface area (Å²) in [5, 5.41) is 10.5. The molecule has 4 rings (SSSR count). The minimum atomic E-state index is -3.72. The average Bonchev–Trinajstić information content (AvgIpc) is 3.10. The normalized spacial score (nSPS) is 19.3. The maximum atomic E-state index is 12.3. The molecule has 174 valence electrons. The third kappa shape index (κ3) is 5.85. The third-order valence-corrected chi connectivity index (χ3v) is 8.47. The fraction of sp³-hybridized carbons (Fsp3) is 0.500. The van der Waals surface area contributed by atoms with E-state index in [1.54, 1.807) is 24.3 Å². The highest BCUT2D eigenvalue weighted by Crippen LogP contribution is 2.42. The first-order valence-electron chi connectivity index (χ1n) is 11.4. The Hall–Kier alpha value is -1.58. The SMILES string of the molecule is Cc1ccc(S(=O)(=O)OCCCc2ccc3c(c2)SC(O)N3CCN2CCCCC2)cc1. The Morgan fingerprint density at radius 1 is 1.06 bits per heavy atom. The summed E-state index contributed by atoms with van der Waals surface area (Å²) in [7, 11) is -3.72. The van der Waals surface area contributed by atoms with Crippen LogP contribution in [-0.4, -0.2) is 56.8 Å². The molecule has 0 bridgehead atoms. The quantitative estimate of drug-likeness (QED) is 0.433. The molecule has 0 aromatic heterocycles. The summed E-state index contributed by atoms with van der Waals surface area (Å²) in [6.07, 6.45) is 5.20. The standard InChI is InChI=1S/C24H32N2O4S2/c1-19-7-10-21(11-8-19)32(28,29)30-17-5-6-20-9-12-22-23(18-20)31-24(27)26(22)16-15-25-13-3-2-4-14-25/h7-12,18,24,27H,2-6,13-17H2,1H3. The van der Waals surface area contributed by atoms with Gasteiger partial charge in [-0.05, 0) is 75.5 Å². The molecule has 1 unspecified atom stereocenters. The van der Waals surface area contributed by atoms with Gasteiger partial charge in [0.1, 0.15) is 0 Å². The van der Waals surface area contributed by atoms with Crippen molar-refractivity contribution in [2.45, 2.75) is 54.4 Å². The maximum Gasteiger partial charge on any atom is 0.296 e. The Morgan fingerprint density at radius 2 is 1.81 bits per heavy atom. The van der Waals surface area contributed by atoms with Crippen LogP contribution in [0.2, 0.25) is 0 Å². The number of rotatable bonds is 9. The van der Waals surface area contributed by atoms with Crippen molar-refractivity contribution < 1.29 is 17.7 Å². The van der Waals surface area contributed by atoms with Crippen LogP contribution in [0.4, 0.5) is 5.69 Å². The molecule has 8 heteroatoms. The molecule has 1 N–H and O–H groups in total. The molecule has 0 aliphatic carbocycles. The van der Waals surface area contributed by atoms with Crippen molar-refractivity contribution in [3.63, 3.8) is 0 Å². The van der Waals surface area contributed by atoms with Crippen molar-refractivity contribution in [1.82, 2.24) is 4.90 Å². The van der Waals surface area contributed by atoms with Gasteiger partial charge < -0.3 is 14.9 Å². The fourth-order valence-electron chi connectivity index (χ4n) is 4.22. The lowest BCUT2D eigenvalue weighted by Gasteiger charge is -2.30. The summed E-state index contributed by atoms with van der Waals surface area (Å²) in [6.45, 7) is 6.18. The summed E-state index contributed by atoms with van der Waals surface area (Å²) in [5.41, 5.74) is 2.67. The van der Waals surface area contributed by atoms with Gasteiger partial charge in [0.2, 0.25) is 0 Å². The first kappa shape index (κ1) is 23.6. The van der Waals surface area contributed by atoms with E-state index in [-0.39, 0.29) is 11.5 Å². The van der Waals surface area contributed by atoms with E-state index in [2.05, 4.69) is 28.0 Å². The maximum absolute atomic E-state index is 12.3. The van der Waals surface area contributed by atoms with Gasteiger partial charge in [0, 0.05) is 18.0 Å². The van der Waals surface area contributed by atoms with Crippen molar-refractivity contribution in [2.75, 3.05) is 37.7 Å². The summed E-state index contributed by atoms with van der Waals surface area (Å²) in [6, 6.07) is 12.9. The van der Waals surface area contributed by atoms with E-state index in [1.165, 1.54) is 31.0 Å². The van der Waals surface area contributed by atoms with Crippen LogP contribution in [0.5, 0.6) is 0 Å². The summed E-state index contributed by atoms with van der Waals surface area (Å²) >= 11 is 1.48. The van der Waals surface area contributed by atoms with Gasteiger partial charge in [-0.25, -0.2) is 0 Å². The second-order valence-electron chi connectivity index (χ2n) is 8.53. The average molecular weight is 477 g/mol. The Balaban J connectivity index is 1.28. The summed E-state index contributed by atoms with van der Waals surface area (Å²) < 4.78 is 29.8. The van der Waals surface area contributed by atoms with Crippen LogP contribution >= 0.6 is 11.8 Å². The first-order valence-corrected chi connectivity index (χ1v) is 13.6. The van der Waals surface area contributed by atoms with E-state index in [1.807, 2.05) is 6.92 Å². The summed E-state index contributed by atoms with van der Waals surface area (Å²) in [4.78, 5) is 5.84. The molecule has 0 spiro atoms. The number of benzene rings is 2. The molecule has 0 radical (unpaired) electrons. The highest BCUT2D eigenvalue weighted by atomic mass is 32.2. The molecular weight excluding hydrogens is 444 g/mol. The molecule has 6 nitrogen and oxygen atoms in total. The van der Waals surface area contributed by atoms with Crippen LogP contribution in [-0.2, 0) is 20.7 Å². The van der Waals surface area contributed by atoms with Crippen molar-refractivity contribution in [2.24, 2.45) is 0 Å². The minimum Gasteiger partial charge on any atom is -0.364 e. The Morgan fingerprint density at radius 3 is 2.56 bits per heavy atom. The first-order chi connectivity index (χ1) is 15.4. The number of likely N-dealkylation sites (tertiary alicyclic amines) is 1. The van der Waals surface area contributed by atoms with Gasteiger partial charge in [0.05, 0.1) is 17.2 Å². The molecule has 2 aromatic rings. The molecule has 2 aliphatic heterocycles. The number of nitrogens with zero attached hydrogens (tertiary/aromatic N) is 2. The van der Waals surface area contributed by atoms with Crippen LogP contribution < -0.4 is 4.90 Å². The van der Waals surface area contributed by atoms with Crippen LogP contribution in [0.25, 0.3) is 0 Å². The van der Waals surface area contributed by atoms with Gasteiger partial charge in [0.25, 0.3) is 10.1 Å². The van der Waals surface area contributed by atoms with E-state index in [0.717, 1.165) is 54.3 Å². The molecular formula is C24H32N2O4S2.